The second kappa shape index (κ2) is 8.45. The fourth-order valence-electron chi connectivity index (χ4n) is 2.98. The van der Waals surface area contributed by atoms with Crippen LogP contribution in [0.15, 0.2) is 16.6 Å². The molecule has 1 aliphatic heterocycles. The van der Waals surface area contributed by atoms with Gasteiger partial charge in [0.1, 0.15) is 12.4 Å². The van der Waals surface area contributed by atoms with Crippen molar-refractivity contribution in [2.45, 2.75) is 39.7 Å². The van der Waals surface area contributed by atoms with Crippen molar-refractivity contribution in [3.63, 3.8) is 0 Å². The summed E-state index contributed by atoms with van der Waals surface area (Å²) < 4.78 is 15.2. The van der Waals surface area contributed by atoms with Crippen molar-refractivity contribution >= 4 is 23.7 Å². The monoisotopic (exact) mass is 359 g/mol. The van der Waals surface area contributed by atoms with Crippen LogP contribution in [0.2, 0.25) is 0 Å². The van der Waals surface area contributed by atoms with Gasteiger partial charge in [0.25, 0.3) is 0 Å². The fraction of sp³-hybridized carbons (Fsp3) is 0.421. The predicted molar refractivity (Wildman–Crippen MR) is 93.3 cm³/mol. The molecule has 1 aromatic carbocycles. The Kier molecular flexibility index (Phi) is 6.31. The molecule has 7 nitrogen and oxygen atoms in total. The molecule has 1 aliphatic rings. The number of nitrogens with zero attached hydrogens (tertiary/aromatic N) is 1. The van der Waals surface area contributed by atoms with E-state index >= 15 is 0 Å². The van der Waals surface area contributed by atoms with E-state index in [1.807, 2.05) is 19.9 Å². The fourth-order valence-corrected chi connectivity index (χ4v) is 2.98. The summed E-state index contributed by atoms with van der Waals surface area (Å²) in [6.07, 6.45) is 4.64. The number of allylic oxidation sites excluding steroid dienone is 2. The Morgan fingerprint density at radius 3 is 2.69 bits per heavy atom. The molecule has 26 heavy (non-hydrogen) atoms. The van der Waals surface area contributed by atoms with Crippen molar-refractivity contribution in [3.8, 4) is 5.75 Å². The van der Waals surface area contributed by atoms with Crippen molar-refractivity contribution in [1.82, 2.24) is 0 Å². The van der Waals surface area contributed by atoms with Gasteiger partial charge in [-0.2, -0.15) is 4.99 Å². The number of methoxy groups -OCH3 is 2. The van der Waals surface area contributed by atoms with E-state index in [0.717, 1.165) is 11.1 Å². The summed E-state index contributed by atoms with van der Waals surface area (Å²) in [6.45, 7) is 3.87. The summed E-state index contributed by atoms with van der Waals surface area (Å²) >= 11 is 0. The van der Waals surface area contributed by atoms with Gasteiger partial charge in [-0.3, -0.25) is 4.79 Å². The maximum Gasteiger partial charge on any atom is 0.341 e. The molecule has 0 aromatic heterocycles. The Bertz CT molecular complexity index is 818. The van der Waals surface area contributed by atoms with Crippen LogP contribution in [0.25, 0.3) is 0 Å². The lowest BCUT2D eigenvalue weighted by Crippen LogP contribution is -2.03. The number of carbonyl (C=O) groups excluding carboxylic acids is 3. The summed E-state index contributed by atoms with van der Waals surface area (Å²) in [6, 6.07) is 0. The summed E-state index contributed by atoms with van der Waals surface area (Å²) in [7, 11) is 2.88. The van der Waals surface area contributed by atoms with Gasteiger partial charge < -0.3 is 14.2 Å². The van der Waals surface area contributed by atoms with Crippen LogP contribution in [0.4, 0.5) is 5.69 Å². The first-order valence-electron chi connectivity index (χ1n) is 8.14. The van der Waals surface area contributed by atoms with Gasteiger partial charge in [0.2, 0.25) is 6.08 Å². The highest BCUT2D eigenvalue weighted by Crippen LogP contribution is 2.42. The van der Waals surface area contributed by atoms with Crippen LogP contribution in [0.3, 0.4) is 0 Å². The Morgan fingerprint density at radius 2 is 2.08 bits per heavy atom. The Hall–Kier alpha value is -2.92. The number of benzene rings is 1. The molecular weight excluding hydrogens is 338 g/mol. The smallest absolute Gasteiger partial charge is 0.341 e. The minimum Gasteiger partial charge on any atom is -0.496 e. The highest BCUT2D eigenvalue weighted by Gasteiger charge is 2.32. The predicted octanol–water partition coefficient (Wildman–Crippen LogP) is 3.08. The second-order valence-electron chi connectivity index (χ2n) is 5.95. The third-order valence-corrected chi connectivity index (χ3v) is 4.41. The zero-order valence-electron chi connectivity index (χ0n) is 15.3. The molecular formula is C19H21NO6. The Labute approximate surface area is 151 Å². The van der Waals surface area contributed by atoms with Crippen molar-refractivity contribution in [1.29, 1.82) is 0 Å². The van der Waals surface area contributed by atoms with Crippen molar-refractivity contribution in [3.05, 3.63) is 33.9 Å². The number of carbonyl (C=O) groups is 2. The first-order valence-corrected chi connectivity index (χ1v) is 8.14. The third-order valence-electron chi connectivity index (χ3n) is 4.41. The van der Waals surface area contributed by atoms with E-state index in [0.29, 0.717) is 35.3 Å². The molecule has 0 N–H and O–H groups in total. The molecule has 0 atom stereocenters. The van der Waals surface area contributed by atoms with Gasteiger partial charge >= 0.3 is 11.9 Å². The molecule has 1 aromatic rings. The Morgan fingerprint density at radius 1 is 1.35 bits per heavy atom. The number of isocyanates is 1. The summed E-state index contributed by atoms with van der Waals surface area (Å²) in [5, 5.41) is 0. The number of rotatable bonds is 7. The number of fused-ring (bicyclic) bond motifs is 1. The van der Waals surface area contributed by atoms with Crippen LogP contribution in [0.1, 0.15) is 46.8 Å². The average Bonchev–Trinajstić information content (AvgIpc) is 3.02. The topological polar surface area (TPSA) is 91.3 Å². The highest BCUT2D eigenvalue weighted by molar-refractivity contribution is 6.01. The van der Waals surface area contributed by atoms with Crippen LogP contribution in [0, 0.1) is 6.92 Å². The SMILES string of the molecule is COC(=O)CCC(C)=CCc1c(N=C=O)c2c(c(C)c1OC)COC2=O. The van der Waals surface area contributed by atoms with Crippen LogP contribution in [-0.2, 0) is 32.1 Å². The van der Waals surface area contributed by atoms with E-state index in [2.05, 4.69) is 9.73 Å². The van der Waals surface area contributed by atoms with Crippen LogP contribution < -0.4 is 4.74 Å². The average molecular weight is 359 g/mol. The summed E-state index contributed by atoms with van der Waals surface area (Å²) in [4.78, 5) is 38.0. The van der Waals surface area contributed by atoms with Crippen molar-refractivity contribution < 1.29 is 28.6 Å². The molecule has 0 saturated heterocycles. The van der Waals surface area contributed by atoms with E-state index in [9.17, 15) is 14.4 Å². The van der Waals surface area contributed by atoms with E-state index in [1.165, 1.54) is 20.3 Å². The van der Waals surface area contributed by atoms with E-state index in [-0.39, 0.29) is 24.7 Å². The molecule has 0 unspecified atom stereocenters. The van der Waals surface area contributed by atoms with Crippen molar-refractivity contribution in [2.24, 2.45) is 4.99 Å². The van der Waals surface area contributed by atoms with Crippen LogP contribution >= 0.6 is 0 Å². The van der Waals surface area contributed by atoms with Gasteiger partial charge in [-0.05, 0) is 32.3 Å². The molecule has 0 aliphatic carbocycles. The quantitative estimate of drug-likeness (QED) is 0.322. The zero-order valence-corrected chi connectivity index (χ0v) is 15.3. The lowest BCUT2D eigenvalue weighted by molar-refractivity contribution is -0.140. The Balaban J connectivity index is 2.45. The molecule has 1 heterocycles. The summed E-state index contributed by atoms with van der Waals surface area (Å²) in [5.74, 6) is -0.224. The van der Waals surface area contributed by atoms with Crippen LogP contribution in [-0.4, -0.2) is 32.2 Å². The molecule has 2 rings (SSSR count). The number of hydrogen-bond acceptors (Lipinski definition) is 7. The third kappa shape index (κ3) is 3.83. The molecule has 7 heteroatoms. The largest absolute Gasteiger partial charge is 0.496 e. The van der Waals surface area contributed by atoms with Gasteiger partial charge in [0, 0.05) is 17.5 Å². The van der Waals surface area contributed by atoms with Gasteiger partial charge in [-0.25, -0.2) is 9.59 Å². The lowest BCUT2D eigenvalue weighted by Gasteiger charge is -2.16. The van der Waals surface area contributed by atoms with E-state index < -0.39 is 5.97 Å². The molecule has 0 radical (unpaired) electrons. The lowest BCUT2D eigenvalue weighted by atomic mass is 9.93. The zero-order chi connectivity index (χ0) is 19.3. The second-order valence-corrected chi connectivity index (χ2v) is 5.95. The maximum absolute atomic E-state index is 12.1. The van der Waals surface area contributed by atoms with E-state index in [1.54, 1.807) is 0 Å². The first kappa shape index (κ1) is 19.4. The minimum absolute atomic E-state index is 0.131. The highest BCUT2D eigenvalue weighted by atomic mass is 16.5. The molecule has 0 bridgehead atoms. The number of cyclic esters (lactones) is 1. The number of hydrogen-bond donors (Lipinski definition) is 0. The van der Waals surface area contributed by atoms with E-state index in [4.69, 9.17) is 9.47 Å². The molecule has 0 amide bonds. The number of ether oxygens (including phenoxy) is 3. The van der Waals surface area contributed by atoms with Crippen LogP contribution in [0.5, 0.6) is 5.75 Å². The number of aliphatic imine (C=N–C) groups is 1. The molecule has 0 fully saturated rings. The number of esters is 2. The molecule has 0 saturated carbocycles. The standard InChI is InChI=1S/C19H21NO6/c1-11(6-8-15(22)24-3)5-7-13-17(20-10-21)16-14(9-26-19(16)23)12(2)18(13)25-4/h5H,6-9H2,1-4H3. The van der Waals surface area contributed by atoms with Gasteiger partial charge in [-0.15, -0.1) is 0 Å². The molecule has 138 valence electrons. The normalized spacial score (nSPS) is 12.9. The minimum atomic E-state index is -0.507. The maximum atomic E-state index is 12.1. The van der Waals surface area contributed by atoms with Gasteiger partial charge in [0.15, 0.2) is 0 Å². The molecule has 0 spiro atoms. The summed E-state index contributed by atoms with van der Waals surface area (Å²) in [5.41, 5.74) is 3.58. The first-order chi connectivity index (χ1) is 12.4. The van der Waals surface area contributed by atoms with Gasteiger partial charge in [-0.1, -0.05) is 11.6 Å². The van der Waals surface area contributed by atoms with Gasteiger partial charge in [0.05, 0.1) is 25.5 Å². The van der Waals surface area contributed by atoms with Crippen molar-refractivity contribution in [2.75, 3.05) is 14.2 Å².